The lowest BCUT2D eigenvalue weighted by Gasteiger charge is -2.16. The van der Waals surface area contributed by atoms with Crippen LogP contribution in [0.1, 0.15) is 39.0 Å². The maximum absolute atomic E-state index is 11.3. The minimum atomic E-state index is -0.401. The SMILES string of the molecule is CCCC[C@@H](C)Nc1c(-c2nnc(C)o2)cccc1[N+](=O)[O-]. The van der Waals surface area contributed by atoms with E-state index >= 15 is 0 Å². The number of unbranched alkanes of at least 4 members (excludes halogenated alkanes) is 1. The fourth-order valence-electron chi connectivity index (χ4n) is 2.26. The predicted molar refractivity (Wildman–Crippen MR) is 83.7 cm³/mol. The summed E-state index contributed by atoms with van der Waals surface area (Å²) in [7, 11) is 0. The van der Waals surface area contributed by atoms with E-state index in [9.17, 15) is 10.1 Å². The highest BCUT2D eigenvalue weighted by molar-refractivity contribution is 5.80. The third-order valence-corrected chi connectivity index (χ3v) is 3.38. The molecule has 0 spiro atoms. The number of hydrogen-bond acceptors (Lipinski definition) is 6. The lowest BCUT2D eigenvalue weighted by Crippen LogP contribution is -2.16. The van der Waals surface area contributed by atoms with Crippen molar-refractivity contribution in [1.82, 2.24) is 10.2 Å². The molecule has 0 unspecified atom stereocenters. The molecule has 0 radical (unpaired) electrons. The van der Waals surface area contributed by atoms with E-state index in [1.54, 1.807) is 19.1 Å². The van der Waals surface area contributed by atoms with E-state index in [0.29, 0.717) is 17.1 Å². The van der Waals surface area contributed by atoms with Crippen molar-refractivity contribution in [2.75, 3.05) is 5.32 Å². The van der Waals surface area contributed by atoms with Gasteiger partial charge in [-0.25, -0.2) is 0 Å². The first-order chi connectivity index (χ1) is 10.5. The van der Waals surface area contributed by atoms with Gasteiger partial charge >= 0.3 is 0 Å². The molecule has 0 bridgehead atoms. The second-order valence-electron chi connectivity index (χ2n) is 5.27. The summed E-state index contributed by atoms with van der Waals surface area (Å²) in [4.78, 5) is 10.9. The maximum Gasteiger partial charge on any atom is 0.293 e. The van der Waals surface area contributed by atoms with Gasteiger partial charge in [-0.15, -0.1) is 10.2 Å². The number of benzene rings is 1. The smallest absolute Gasteiger partial charge is 0.293 e. The highest BCUT2D eigenvalue weighted by Crippen LogP contribution is 2.35. The van der Waals surface area contributed by atoms with Crippen molar-refractivity contribution >= 4 is 11.4 Å². The zero-order valence-electron chi connectivity index (χ0n) is 13.0. The molecule has 1 aromatic carbocycles. The molecule has 22 heavy (non-hydrogen) atoms. The maximum atomic E-state index is 11.3. The van der Waals surface area contributed by atoms with Crippen molar-refractivity contribution in [2.24, 2.45) is 0 Å². The van der Waals surface area contributed by atoms with E-state index < -0.39 is 4.92 Å². The molecule has 118 valence electrons. The lowest BCUT2D eigenvalue weighted by molar-refractivity contribution is -0.383. The second-order valence-corrected chi connectivity index (χ2v) is 5.27. The standard InChI is InChI=1S/C15H20N4O3/c1-4-5-7-10(2)16-14-12(15-18-17-11(3)22-15)8-6-9-13(14)19(20)21/h6,8-10,16H,4-5,7H2,1-3H3/t10-/m1/s1. The molecule has 7 heteroatoms. The van der Waals surface area contributed by atoms with E-state index in [2.05, 4.69) is 22.4 Å². The van der Waals surface area contributed by atoms with Gasteiger partial charge in [-0.1, -0.05) is 25.8 Å². The zero-order valence-corrected chi connectivity index (χ0v) is 13.0. The van der Waals surface area contributed by atoms with Crippen LogP contribution in [0.3, 0.4) is 0 Å². The van der Waals surface area contributed by atoms with Crippen LogP contribution in [0, 0.1) is 17.0 Å². The van der Waals surface area contributed by atoms with Gasteiger partial charge in [0.25, 0.3) is 5.69 Å². The number of nitro benzene ring substituents is 1. The molecule has 0 aliphatic heterocycles. The van der Waals surface area contributed by atoms with Crippen LogP contribution in [0.2, 0.25) is 0 Å². The third kappa shape index (κ3) is 3.60. The predicted octanol–water partition coefficient (Wildman–Crippen LogP) is 3.94. The number of nitrogens with zero attached hydrogens (tertiary/aromatic N) is 3. The van der Waals surface area contributed by atoms with E-state index in [1.807, 2.05) is 6.92 Å². The molecule has 0 amide bonds. The number of anilines is 1. The summed E-state index contributed by atoms with van der Waals surface area (Å²) < 4.78 is 5.42. The van der Waals surface area contributed by atoms with Crippen molar-refractivity contribution in [3.8, 4) is 11.5 Å². The summed E-state index contributed by atoms with van der Waals surface area (Å²) in [5, 5.41) is 22.3. The molecule has 0 saturated carbocycles. The number of hydrogen-bond donors (Lipinski definition) is 1. The first-order valence-corrected chi connectivity index (χ1v) is 7.37. The third-order valence-electron chi connectivity index (χ3n) is 3.38. The van der Waals surface area contributed by atoms with Crippen molar-refractivity contribution in [2.45, 2.75) is 46.1 Å². The first kappa shape index (κ1) is 15.9. The van der Waals surface area contributed by atoms with Crippen molar-refractivity contribution < 1.29 is 9.34 Å². The van der Waals surface area contributed by atoms with Crippen LogP contribution < -0.4 is 5.32 Å². The molecule has 1 N–H and O–H groups in total. The van der Waals surface area contributed by atoms with Gasteiger partial charge < -0.3 is 9.73 Å². The Morgan fingerprint density at radius 3 is 2.77 bits per heavy atom. The number of nitro groups is 1. The second kappa shape index (κ2) is 7.02. The van der Waals surface area contributed by atoms with E-state index in [0.717, 1.165) is 19.3 Å². The molecule has 0 saturated heterocycles. The highest BCUT2D eigenvalue weighted by atomic mass is 16.6. The number of para-hydroxylation sites is 1. The van der Waals surface area contributed by atoms with Crippen LogP contribution in [0.4, 0.5) is 11.4 Å². The van der Waals surface area contributed by atoms with Gasteiger partial charge in [0.2, 0.25) is 11.8 Å². The van der Waals surface area contributed by atoms with Gasteiger partial charge in [0, 0.05) is 19.0 Å². The lowest BCUT2D eigenvalue weighted by atomic mass is 10.1. The average molecular weight is 304 g/mol. The van der Waals surface area contributed by atoms with E-state index in [-0.39, 0.29) is 17.6 Å². The van der Waals surface area contributed by atoms with Gasteiger partial charge in [-0.3, -0.25) is 10.1 Å². The zero-order chi connectivity index (χ0) is 16.1. The summed E-state index contributed by atoms with van der Waals surface area (Å²) in [6, 6.07) is 4.95. The minimum absolute atomic E-state index is 0.0108. The summed E-state index contributed by atoms with van der Waals surface area (Å²) >= 11 is 0. The average Bonchev–Trinajstić information content (AvgIpc) is 2.91. The Hall–Kier alpha value is -2.44. The number of aromatic nitrogens is 2. The molecule has 1 aromatic heterocycles. The monoisotopic (exact) mass is 304 g/mol. The van der Waals surface area contributed by atoms with Crippen LogP contribution in [0.25, 0.3) is 11.5 Å². The fraction of sp³-hybridized carbons (Fsp3) is 0.467. The van der Waals surface area contributed by atoms with E-state index in [4.69, 9.17) is 4.42 Å². The van der Waals surface area contributed by atoms with Crippen LogP contribution in [0.15, 0.2) is 22.6 Å². The summed E-state index contributed by atoms with van der Waals surface area (Å²) in [6.45, 7) is 5.81. The van der Waals surface area contributed by atoms with E-state index in [1.165, 1.54) is 6.07 Å². The molecule has 0 aliphatic carbocycles. The van der Waals surface area contributed by atoms with Gasteiger partial charge in [0.1, 0.15) is 5.69 Å². The van der Waals surface area contributed by atoms with Crippen LogP contribution in [-0.2, 0) is 0 Å². The summed E-state index contributed by atoms with van der Waals surface area (Å²) in [5.74, 6) is 0.706. The van der Waals surface area contributed by atoms with Crippen LogP contribution >= 0.6 is 0 Å². The number of aryl methyl sites for hydroxylation is 1. The Balaban J connectivity index is 2.41. The molecular formula is C15H20N4O3. The van der Waals surface area contributed by atoms with Crippen molar-refractivity contribution in [3.63, 3.8) is 0 Å². The number of rotatable bonds is 7. The normalized spacial score (nSPS) is 12.1. The van der Waals surface area contributed by atoms with Crippen LogP contribution in [0.5, 0.6) is 0 Å². The van der Waals surface area contributed by atoms with Gasteiger partial charge in [-0.05, 0) is 19.4 Å². The molecule has 7 nitrogen and oxygen atoms in total. The fourth-order valence-corrected chi connectivity index (χ4v) is 2.26. The van der Waals surface area contributed by atoms with Crippen molar-refractivity contribution in [1.29, 1.82) is 0 Å². The molecule has 1 atom stereocenters. The van der Waals surface area contributed by atoms with Gasteiger partial charge in [0.15, 0.2) is 0 Å². The Morgan fingerprint density at radius 1 is 1.41 bits per heavy atom. The number of nitrogens with one attached hydrogen (secondary N) is 1. The molecule has 0 fully saturated rings. The van der Waals surface area contributed by atoms with Gasteiger partial charge in [0.05, 0.1) is 10.5 Å². The first-order valence-electron chi connectivity index (χ1n) is 7.37. The largest absolute Gasteiger partial charge is 0.421 e. The Morgan fingerprint density at radius 2 is 2.18 bits per heavy atom. The van der Waals surface area contributed by atoms with Crippen LogP contribution in [-0.4, -0.2) is 21.2 Å². The topological polar surface area (TPSA) is 94.1 Å². The molecular weight excluding hydrogens is 284 g/mol. The molecule has 0 aliphatic rings. The van der Waals surface area contributed by atoms with Gasteiger partial charge in [-0.2, -0.15) is 0 Å². The van der Waals surface area contributed by atoms with Crippen molar-refractivity contribution in [3.05, 3.63) is 34.2 Å². The molecule has 2 rings (SSSR count). The quantitative estimate of drug-likeness (QED) is 0.615. The molecule has 2 aromatic rings. The minimum Gasteiger partial charge on any atom is -0.421 e. The summed E-state index contributed by atoms with van der Waals surface area (Å²) in [5.41, 5.74) is 0.995. The highest BCUT2D eigenvalue weighted by Gasteiger charge is 2.22. The Labute approximate surface area is 128 Å². The Bertz CT molecular complexity index is 654. The Kier molecular flexibility index (Phi) is 5.08. The molecule has 1 heterocycles. The summed E-state index contributed by atoms with van der Waals surface area (Å²) in [6.07, 6.45) is 3.08.